The van der Waals surface area contributed by atoms with E-state index in [9.17, 15) is 9.59 Å². The first-order valence-electron chi connectivity index (χ1n) is 6.84. The van der Waals surface area contributed by atoms with Gasteiger partial charge in [-0.25, -0.2) is 4.79 Å². The number of carbonyl (C=O) groups excluding carboxylic acids is 2. The summed E-state index contributed by atoms with van der Waals surface area (Å²) in [6, 6.07) is 11.5. The Morgan fingerprint density at radius 2 is 1.33 bits per heavy atom. The average Bonchev–Trinajstić information content (AvgIpc) is 2.54. The molecule has 0 spiro atoms. The molecule has 120 valence electrons. The molecule has 1 rings (SSSR count). The highest BCUT2D eigenvalue weighted by Gasteiger charge is 2.17. The Hall–Kier alpha value is -1.88. The largest absolute Gasteiger partial charge is 0.467 e. The number of amides is 1. The molecular weight excluding hydrogens is 270 g/mol. The zero-order chi connectivity index (χ0) is 16.5. The van der Waals surface area contributed by atoms with Crippen molar-refractivity contribution in [3.63, 3.8) is 0 Å². The normalized spacial score (nSPS) is 9.95. The Balaban J connectivity index is 0. The number of rotatable bonds is 4. The summed E-state index contributed by atoms with van der Waals surface area (Å²) in [5.41, 5.74) is 0. The van der Waals surface area contributed by atoms with E-state index >= 15 is 0 Å². The lowest BCUT2D eigenvalue weighted by atomic mass is 10.2. The highest BCUT2D eigenvalue weighted by Crippen LogP contribution is 1.94. The number of hydrogen-bond donors (Lipinski definition) is 1. The minimum atomic E-state index is -0.498. The van der Waals surface area contributed by atoms with Gasteiger partial charge >= 0.3 is 5.97 Å². The van der Waals surface area contributed by atoms with Gasteiger partial charge in [0.2, 0.25) is 5.91 Å². The van der Waals surface area contributed by atoms with Crippen molar-refractivity contribution in [2.75, 3.05) is 21.3 Å². The van der Waals surface area contributed by atoms with Gasteiger partial charge in [-0.2, -0.15) is 0 Å². The highest BCUT2D eigenvalue weighted by molar-refractivity contribution is 5.84. The Labute approximate surface area is 127 Å². The van der Waals surface area contributed by atoms with Gasteiger partial charge in [-0.15, -0.1) is 0 Å². The van der Waals surface area contributed by atoms with Crippen LogP contribution in [-0.2, 0) is 19.1 Å². The maximum atomic E-state index is 11.0. The molecule has 0 aliphatic carbocycles. The van der Waals surface area contributed by atoms with Crippen LogP contribution in [0.5, 0.6) is 0 Å². The summed E-state index contributed by atoms with van der Waals surface area (Å²) >= 11 is 0. The Morgan fingerprint density at radius 3 is 1.57 bits per heavy atom. The topological polar surface area (TPSA) is 64.6 Å². The first-order valence-corrected chi connectivity index (χ1v) is 6.84. The molecule has 0 heterocycles. The summed E-state index contributed by atoms with van der Waals surface area (Å²) in [4.78, 5) is 21.8. The van der Waals surface area contributed by atoms with Crippen molar-refractivity contribution in [1.29, 1.82) is 0 Å². The smallest absolute Gasteiger partial charge is 0.328 e. The van der Waals surface area contributed by atoms with Gasteiger partial charge < -0.3 is 14.8 Å². The second-order valence-electron chi connectivity index (χ2n) is 3.97. The first kappa shape index (κ1) is 21.4. The van der Waals surface area contributed by atoms with Crippen LogP contribution in [0.4, 0.5) is 0 Å². The maximum absolute atomic E-state index is 11.0. The van der Waals surface area contributed by atoms with E-state index in [1.165, 1.54) is 7.11 Å². The van der Waals surface area contributed by atoms with Crippen molar-refractivity contribution in [3.8, 4) is 0 Å². The van der Waals surface area contributed by atoms with Crippen LogP contribution in [0.15, 0.2) is 36.4 Å². The Kier molecular flexibility index (Phi) is 16.5. The average molecular weight is 297 g/mol. The molecular formula is C16H27NO4. The van der Waals surface area contributed by atoms with Gasteiger partial charge in [0.15, 0.2) is 0 Å². The number of methoxy groups -OCH3 is 2. The van der Waals surface area contributed by atoms with E-state index in [-0.39, 0.29) is 11.9 Å². The summed E-state index contributed by atoms with van der Waals surface area (Å²) in [5.74, 6) is -0.522. The minimum absolute atomic E-state index is 0.132. The van der Waals surface area contributed by atoms with Crippen LogP contribution in [0.1, 0.15) is 26.7 Å². The molecule has 21 heavy (non-hydrogen) atoms. The second kappa shape index (κ2) is 16.2. The molecule has 0 saturated carbocycles. The fraction of sp³-hybridized carbons (Fsp3) is 0.500. The lowest BCUT2D eigenvalue weighted by Crippen LogP contribution is -2.40. The third-order valence-corrected chi connectivity index (χ3v) is 2.22. The van der Waals surface area contributed by atoms with E-state index in [0.29, 0.717) is 12.8 Å². The molecule has 0 aliphatic heterocycles. The van der Waals surface area contributed by atoms with Crippen LogP contribution < -0.4 is 5.32 Å². The van der Waals surface area contributed by atoms with Crippen LogP contribution >= 0.6 is 0 Å². The van der Waals surface area contributed by atoms with E-state index < -0.39 is 6.04 Å². The van der Waals surface area contributed by atoms with E-state index in [4.69, 9.17) is 0 Å². The fourth-order valence-corrected chi connectivity index (χ4v) is 1.15. The zero-order valence-electron chi connectivity index (χ0n) is 13.6. The summed E-state index contributed by atoms with van der Waals surface area (Å²) in [6.45, 7) is 3.55. The van der Waals surface area contributed by atoms with Crippen molar-refractivity contribution in [2.45, 2.75) is 32.7 Å². The standard InChI is InChI=1S/C8H15NO3.C6H6.C2H6O/c1-4-6(8(11)12-3)9-7(10)5-2;1-2-4-6-5-3-1;1-3-2/h6H,4-5H2,1-3H3,(H,9,10);1-6H;1-2H3. The van der Waals surface area contributed by atoms with Crippen molar-refractivity contribution >= 4 is 11.9 Å². The van der Waals surface area contributed by atoms with Gasteiger partial charge in [-0.05, 0) is 6.42 Å². The summed E-state index contributed by atoms with van der Waals surface area (Å²) < 4.78 is 8.74. The first-order chi connectivity index (χ1) is 10.1. The highest BCUT2D eigenvalue weighted by atomic mass is 16.5. The number of carbonyl (C=O) groups is 2. The molecule has 0 saturated heterocycles. The zero-order valence-corrected chi connectivity index (χ0v) is 13.6. The number of ether oxygens (including phenoxy) is 2. The van der Waals surface area contributed by atoms with Gasteiger partial charge in [0, 0.05) is 20.6 Å². The number of esters is 1. The summed E-state index contributed by atoms with van der Waals surface area (Å²) in [6.07, 6.45) is 0.936. The monoisotopic (exact) mass is 297 g/mol. The van der Waals surface area contributed by atoms with Crippen molar-refractivity contribution in [1.82, 2.24) is 5.32 Å². The van der Waals surface area contributed by atoms with Crippen LogP contribution in [0.25, 0.3) is 0 Å². The third-order valence-electron chi connectivity index (χ3n) is 2.22. The van der Waals surface area contributed by atoms with Crippen molar-refractivity contribution in [3.05, 3.63) is 36.4 Å². The predicted molar refractivity (Wildman–Crippen MR) is 83.9 cm³/mol. The lowest BCUT2D eigenvalue weighted by Gasteiger charge is -2.13. The fourth-order valence-electron chi connectivity index (χ4n) is 1.15. The van der Waals surface area contributed by atoms with Gasteiger partial charge in [0.05, 0.1) is 7.11 Å². The molecule has 5 nitrogen and oxygen atoms in total. The maximum Gasteiger partial charge on any atom is 0.328 e. The SMILES string of the molecule is CCC(=O)NC(CC)C(=O)OC.COC.c1ccccc1. The molecule has 0 bridgehead atoms. The minimum Gasteiger partial charge on any atom is -0.467 e. The molecule has 1 N–H and O–H groups in total. The van der Waals surface area contributed by atoms with E-state index in [1.807, 2.05) is 43.3 Å². The molecule has 0 aromatic heterocycles. The van der Waals surface area contributed by atoms with Crippen LogP contribution in [0.3, 0.4) is 0 Å². The second-order valence-corrected chi connectivity index (χ2v) is 3.97. The number of benzene rings is 1. The van der Waals surface area contributed by atoms with Gasteiger partial charge in [0.25, 0.3) is 0 Å². The van der Waals surface area contributed by atoms with E-state index in [1.54, 1.807) is 21.1 Å². The van der Waals surface area contributed by atoms with Crippen LogP contribution in [0, 0.1) is 0 Å². The molecule has 0 aliphatic rings. The molecule has 1 amide bonds. The molecule has 5 heteroatoms. The molecule has 1 atom stereocenters. The molecule has 1 unspecified atom stereocenters. The van der Waals surface area contributed by atoms with Gasteiger partial charge in [0.1, 0.15) is 6.04 Å². The summed E-state index contributed by atoms with van der Waals surface area (Å²) in [7, 11) is 4.56. The quantitative estimate of drug-likeness (QED) is 0.867. The van der Waals surface area contributed by atoms with Gasteiger partial charge in [-0.1, -0.05) is 50.2 Å². The van der Waals surface area contributed by atoms with Crippen molar-refractivity contribution < 1.29 is 19.1 Å². The van der Waals surface area contributed by atoms with Crippen LogP contribution in [0.2, 0.25) is 0 Å². The summed E-state index contributed by atoms with van der Waals surface area (Å²) in [5, 5.41) is 2.55. The van der Waals surface area contributed by atoms with Crippen molar-refractivity contribution in [2.24, 2.45) is 0 Å². The molecule has 1 aromatic carbocycles. The Morgan fingerprint density at radius 1 is 0.952 bits per heavy atom. The third kappa shape index (κ3) is 14.3. The predicted octanol–water partition coefficient (Wildman–Crippen LogP) is 2.41. The lowest BCUT2D eigenvalue weighted by molar-refractivity contribution is -0.145. The van der Waals surface area contributed by atoms with Crippen LogP contribution in [-0.4, -0.2) is 39.2 Å². The number of hydrogen-bond acceptors (Lipinski definition) is 4. The Bertz CT molecular complexity index is 328. The van der Waals surface area contributed by atoms with E-state index in [2.05, 4.69) is 14.8 Å². The number of nitrogens with one attached hydrogen (secondary N) is 1. The molecule has 1 aromatic rings. The van der Waals surface area contributed by atoms with Gasteiger partial charge in [-0.3, -0.25) is 4.79 Å². The van der Waals surface area contributed by atoms with E-state index in [0.717, 1.165) is 0 Å². The molecule has 0 radical (unpaired) electrons. The molecule has 0 fully saturated rings.